The van der Waals surface area contributed by atoms with Gasteiger partial charge in [0.25, 0.3) is 5.91 Å². The second-order valence-electron chi connectivity index (χ2n) is 4.87. The van der Waals surface area contributed by atoms with Gasteiger partial charge in [0, 0.05) is 10.1 Å². The highest BCUT2D eigenvalue weighted by Gasteiger charge is 2.23. The van der Waals surface area contributed by atoms with Crippen molar-refractivity contribution >= 4 is 46.1 Å². The fourth-order valence-electron chi connectivity index (χ4n) is 1.78. The minimum atomic E-state index is -0.932. The summed E-state index contributed by atoms with van der Waals surface area (Å²) in [6, 6.07) is 3.18. The van der Waals surface area contributed by atoms with Gasteiger partial charge in [-0.05, 0) is 40.6 Å². The van der Waals surface area contributed by atoms with Gasteiger partial charge in [-0.3, -0.25) is 9.59 Å². The number of amides is 1. The van der Waals surface area contributed by atoms with E-state index in [0.717, 1.165) is 3.57 Å². The Morgan fingerprint density at radius 2 is 2.05 bits per heavy atom. The Morgan fingerprint density at radius 3 is 2.52 bits per heavy atom. The highest BCUT2D eigenvalue weighted by molar-refractivity contribution is 14.1. The molecule has 1 unspecified atom stereocenters. The van der Waals surface area contributed by atoms with Crippen molar-refractivity contribution in [2.24, 2.45) is 11.8 Å². The molecule has 1 rings (SSSR count). The summed E-state index contributed by atoms with van der Waals surface area (Å²) in [6.45, 7) is 3.65. The van der Waals surface area contributed by atoms with E-state index in [4.69, 9.17) is 21.4 Å². The number of carbonyl (C=O) groups is 2. The number of carboxylic acid groups (broad SMARTS) is 1. The van der Waals surface area contributed by atoms with Crippen LogP contribution in [0.25, 0.3) is 0 Å². The molecule has 2 N–H and O–H groups in total. The van der Waals surface area contributed by atoms with Crippen LogP contribution in [0.1, 0.15) is 24.2 Å². The van der Waals surface area contributed by atoms with Gasteiger partial charge in [-0.1, -0.05) is 25.4 Å². The van der Waals surface area contributed by atoms with Crippen molar-refractivity contribution in [3.05, 3.63) is 26.3 Å². The molecule has 116 valence electrons. The molecule has 0 saturated heterocycles. The van der Waals surface area contributed by atoms with E-state index in [-0.39, 0.29) is 18.0 Å². The third-order valence-corrected chi connectivity index (χ3v) is 4.62. The third kappa shape index (κ3) is 4.74. The Morgan fingerprint density at radius 1 is 1.43 bits per heavy atom. The molecule has 0 aliphatic carbocycles. The monoisotopic (exact) mass is 425 g/mol. The average molecular weight is 426 g/mol. The summed E-state index contributed by atoms with van der Waals surface area (Å²) in [4.78, 5) is 23.3. The number of ether oxygens (including phenoxy) is 1. The molecule has 0 aromatic heterocycles. The molecular weight excluding hydrogens is 409 g/mol. The van der Waals surface area contributed by atoms with Crippen molar-refractivity contribution in [2.45, 2.75) is 13.8 Å². The van der Waals surface area contributed by atoms with Gasteiger partial charge < -0.3 is 15.2 Å². The molecule has 1 aromatic rings. The molecule has 0 radical (unpaired) electrons. The quantitative estimate of drug-likeness (QED) is 0.687. The van der Waals surface area contributed by atoms with Crippen molar-refractivity contribution in [3.63, 3.8) is 0 Å². The summed E-state index contributed by atoms with van der Waals surface area (Å²) >= 11 is 8.05. The smallest absolute Gasteiger partial charge is 0.308 e. The Kier molecular flexibility index (Phi) is 6.73. The molecule has 7 heteroatoms. The van der Waals surface area contributed by atoms with E-state index in [1.54, 1.807) is 19.9 Å². The lowest BCUT2D eigenvalue weighted by atomic mass is 9.96. The van der Waals surface area contributed by atoms with Gasteiger partial charge in [0.2, 0.25) is 0 Å². The van der Waals surface area contributed by atoms with E-state index in [2.05, 4.69) is 5.32 Å². The number of rotatable bonds is 6. The zero-order valence-corrected chi connectivity index (χ0v) is 14.9. The highest BCUT2D eigenvalue weighted by Crippen LogP contribution is 2.28. The van der Waals surface area contributed by atoms with E-state index >= 15 is 0 Å². The lowest BCUT2D eigenvalue weighted by Gasteiger charge is -2.17. The van der Waals surface area contributed by atoms with Crippen molar-refractivity contribution in [1.82, 2.24) is 5.32 Å². The fraction of sp³-hybridized carbons (Fsp3) is 0.429. The van der Waals surface area contributed by atoms with E-state index in [1.807, 2.05) is 22.6 Å². The van der Waals surface area contributed by atoms with Crippen LogP contribution in [-0.4, -0.2) is 30.6 Å². The van der Waals surface area contributed by atoms with Gasteiger partial charge in [0.15, 0.2) is 0 Å². The van der Waals surface area contributed by atoms with Crippen LogP contribution >= 0.6 is 34.2 Å². The van der Waals surface area contributed by atoms with Crippen LogP contribution in [0, 0.1) is 15.4 Å². The van der Waals surface area contributed by atoms with E-state index in [0.29, 0.717) is 10.8 Å². The largest absolute Gasteiger partial charge is 0.496 e. The van der Waals surface area contributed by atoms with Crippen LogP contribution in [-0.2, 0) is 4.79 Å². The predicted octanol–water partition coefficient (Wildman–Crippen LogP) is 3.04. The van der Waals surface area contributed by atoms with Crippen molar-refractivity contribution in [1.29, 1.82) is 0 Å². The maximum Gasteiger partial charge on any atom is 0.308 e. The fourth-order valence-corrected chi connectivity index (χ4v) is 2.38. The van der Waals surface area contributed by atoms with Crippen LogP contribution in [0.2, 0.25) is 5.02 Å². The first-order valence-electron chi connectivity index (χ1n) is 6.32. The lowest BCUT2D eigenvalue weighted by Crippen LogP contribution is -2.35. The molecule has 5 nitrogen and oxygen atoms in total. The first-order valence-corrected chi connectivity index (χ1v) is 7.77. The SMILES string of the molecule is COc1cc(I)c(Cl)cc1C(=O)NCC(C(=O)O)C(C)C. The van der Waals surface area contributed by atoms with Gasteiger partial charge in [0.05, 0.1) is 23.6 Å². The number of carboxylic acids is 1. The number of hydrogen-bond acceptors (Lipinski definition) is 3. The van der Waals surface area contributed by atoms with Crippen molar-refractivity contribution < 1.29 is 19.4 Å². The molecular formula is C14H17ClINO4. The molecule has 1 atom stereocenters. The highest BCUT2D eigenvalue weighted by atomic mass is 127. The van der Waals surface area contributed by atoms with E-state index < -0.39 is 17.8 Å². The summed E-state index contributed by atoms with van der Waals surface area (Å²) in [5.74, 6) is -1.66. The topological polar surface area (TPSA) is 75.6 Å². The van der Waals surface area contributed by atoms with Gasteiger partial charge in [-0.15, -0.1) is 0 Å². The Hall–Kier alpha value is -1.02. The lowest BCUT2D eigenvalue weighted by molar-refractivity contribution is -0.142. The number of methoxy groups -OCH3 is 1. The molecule has 0 bridgehead atoms. The van der Waals surface area contributed by atoms with Gasteiger partial charge in [-0.25, -0.2) is 0 Å². The summed E-state index contributed by atoms with van der Waals surface area (Å²) in [5.41, 5.74) is 0.288. The number of aliphatic carboxylic acids is 1. The average Bonchev–Trinajstić information content (AvgIpc) is 2.40. The minimum Gasteiger partial charge on any atom is -0.496 e. The Bertz CT molecular complexity index is 548. The van der Waals surface area contributed by atoms with Crippen LogP contribution < -0.4 is 10.1 Å². The summed E-state index contributed by atoms with van der Waals surface area (Å²) in [6.07, 6.45) is 0. The number of nitrogens with one attached hydrogen (secondary N) is 1. The van der Waals surface area contributed by atoms with Gasteiger partial charge >= 0.3 is 5.97 Å². The van der Waals surface area contributed by atoms with Gasteiger partial charge in [0.1, 0.15) is 5.75 Å². The molecule has 0 aliphatic rings. The zero-order chi connectivity index (χ0) is 16.2. The van der Waals surface area contributed by atoms with E-state index in [9.17, 15) is 9.59 Å². The van der Waals surface area contributed by atoms with E-state index in [1.165, 1.54) is 13.2 Å². The minimum absolute atomic E-state index is 0.0542. The molecule has 21 heavy (non-hydrogen) atoms. The second kappa shape index (κ2) is 7.84. The molecule has 0 aliphatic heterocycles. The van der Waals surface area contributed by atoms with Crippen LogP contribution in [0.5, 0.6) is 5.75 Å². The standard InChI is InChI=1S/C14H17ClINO4/c1-7(2)9(14(19)20)6-17-13(18)8-4-10(15)11(16)5-12(8)21-3/h4-5,7,9H,6H2,1-3H3,(H,17,18)(H,19,20). The number of benzene rings is 1. The molecule has 1 aromatic carbocycles. The zero-order valence-electron chi connectivity index (χ0n) is 11.9. The van der Waals surface area contributed by atoms with Crippen LogP contribution in [0.4, 0.5) is 0 Å². The number of hydrogen-bond donors (Lipinski definition) is 2. The molecule has 0 heterocycles. The summed E-state index contributed by atoms with van der Waals surface area (Å²) in [5, 5.41) is 12.2. The first kappa shape index (κ1) is 18.0. The predicted molar refractivity (Wildman–Crippen MR) is 89.0 cm³/mol. The second-order valence-corrected chi connectivity index (χ2v) is 6.43. The Balaban J connectivity index is 2.89. The molecule has 1 amide bonds. The van der Waals surface area contributed by atoms with Crippen molar-refractivity contribution in [2.75, 3.05) is 13.7 Å². The molecule has 0 fully saturated rings. The third-order valence-electron chi connectivity index (χ3n) is 3.09. The molecule has 0 spiro atoms. The summed E-state index contributed by atoms with van der Waals surface area (Å²) in [7, 11) is 1.46. The van der Waals surface area contributed by atoms with Crippen molar-refractivity contribution in [3.8, 4) is 5.75 Å². The number of halogens is 2. The maximum absolute atomic E-state index is 12.2. The summed E-state index contributed by atoms with van der Waals surface area (Å²) < 4.78 is 5.93. The first-order chi connectivity index (χ1) is 9.77. The maximum atomic E-state index is 12.2. The number of carbonyl (C=O) groups excluding carboxylic acids is 1. The van der Waals surface area contributed by atoms with Gasteiger partial charge in [-0.2, -0.15) is 0 Å². The van der Waals surface area contributed by atoms with Crippen LogP contribution in [0.15, 0.2) is 12.1 Å². The molecule has 0 saturated carbocycles. The Labute approximate surface area is 142 Å². The van der Waals surface area contributed by atoms with Crippen LogP contribution in [0.3, 0.4) is 0 Å². The normalized spacial score (nSPS) is 12.1.